The SMILES string of the molecule is [c]1ccc2c(c1)OCC(C1COc3ccccc3O1)O2. The maximum Gasteiger partial charge on any atom is 0.173 e. The molecule has 0 N–H and O–H groups in total. The van der Waals surface area contributed by atoms with Gasteiger partial charge >= 0.3 is 0 Å². The lowest BCUT2D eigenvalue weighted by Gasteiger charge is -2.34. The molecule has 0 fully saturated rings. The minimum atomic E-state index is -0.182. The van der Waals surface area contributed by atoms with Crippen molar-refractivity contribution in [1.82, 2.24) is 0 Å². The molecule has 1 radical (unpaired) electrons. The Morgan fingerprint density at radius 2 is 1.45 bits per heavy atom. The third-order valence-corrected chi connectivity index (χ3v) is 3.41. The molecule has 2 heterocycles. The van der Waals surface area contributed by atoms with E-state index in [1.54, 1.807) is 12.1 Å². The molecule has 0 amide bonds. The molecule has 0 saturated heterocycles. The van der Waals surface area contributed by atoms with Gasteiger partial charge in [0.05, 0.1) is 0 Å². The summed E-state index contributed by atoms with van der Waals surface area (Å²) in [5.41, 5.74) is 0. The van der Waals surface area contributed by atoms with Gasteiger partial charge in [-0.2, -0.15) is 0 Å². The normalized spacial score (nSPS) is 23.2. The highest BCUT2D eigenvalue weighted by molar-refractivity contribution is 5.42. The summed E-state index contributed by atoms with van der Waals surface area (Å²) >= 11 is 0. The van der Waals surface area contributed by atoms with Gasteiger partial charge in [0.1, 0.15) is 13.2 Å². The highest BCUT2D eigenvalue weighted by Crippen LogP contribution is 2.35. The van der Waals surface area contributed by atoms with Crippen LogP contribution in [-0.2, 0) is 0 Å². The van der Waals surface area contributed by atoms with Gasteiger partial charge in [0.25, 0.3) is 0 Å². The standard InChI is InChI=1S/C16H13O4/c1-3-7-13-11(5-1)17-9-15(19-13)16-10-18-12-6-2-4-8-14(12)20-16/h1,3-8,15-16H,9-10H2. The molecule has 0 bridgehead atoms. The highest BCUT2D eigenvalue weighted by atomic mass is 16.6. The highest BCUT2D eigenvalue weighted by Gasteiger charge is 2.34. The lowest BCUT2D eigenvalue weighted by Crippen LogP contribution is -2.47. The van der Waals surface area contributed by atoms with Crippen molar-refractivity contribution in [2.45, 2.75) is 12.2 Å². The first kappa shape index (κ1) is 11.5. The van der Waals surface area contributed by atoms with E-state index in [4.69, 9.17) is 18.9 Å². The average Bonchev–Trinajstić information content (AvgIpc) is 2.54. The smallest absolute Gasteiger partial charge is 0.173 e. The fourth-order valence-corrected chi connectivity index (χ4v) is 2.38. The molecule has 0 aliphatic carbocycles. The molecule has 20 heavy (non-hydrogen) atoms. The van der Waals surface area contributed by atoms with E-state index in [-0.39, 0.29) is 12.2 Å². The summed E-state index contributed by atoms with van der Waals surface area (Å²) in [5, 5.41) is 0. The molecule has 0 spiro atoms. The van der Waals surface area contributed by atoms with Crippen LogP contribution in [-0.4, -0.2) is 25.4 Å². The summed E-state index contributed by atoms with van der Waals surface area (Å²) in [5.74, 6) is 2.97. The maximum absolute atomic E-state index is 5.95. The van der Waals surface area contributed by atoms with Gasteiger partial charge in [-0.05, 0) is 30.3 Å². The summed E-state index contributed by atoms with van der Waals surface area (Å²) in [6.45, 7) is 0.903. The van der Waals surface area contributed by atoms with Crippen molar-refractivity contribution in [3.05, 3.63) is 48.5 Å². The van der Waals surface area contributed by atoms with Gasteiger partial charge in [0, 0.05) is 0 Å². The molecule has 2 aliphatic heterocycles. The van der Waals surface area contributed by atoms with E-state index in [1.807, 2.05) is 30.3 Å². The van der Waals surface area contributed by atoms with Crippen molar-refractivity contribution in [1.29, 1.82) is 0 Å². The van der Waals surface area contributed by atoms with E-state index in [9.17, 15) is 0 Å². The number of benzene rings is 2. The van der Waals surface area contributed by atoms with Crippen LogP contribution in [0.1, 0.15) is 0 Å². The lowest BCUT2D eigenvalue weighted by atomic mass is 10.1. The largest absolute Gasteiger partial charge is 0.486 e. The van der Waals surface area contributed by atoms with Crippen molar-refractivity contribution < 1.29 is 18.9 Å². The fraction of sp³-hybridized carbons (Fsp3) is 0.250. The molecular formula is C16H13O4. The van der Waals surface area contributed by atoms with Gasteiger partial charge in [0.15, 0.2) is 35.2 Å². The molecule has 0 saturated carbocycles. The van der Waals surface area contributed by atoms with Crippen LogP contribution in [0.5, 0.6) is 23.0 Å². The molecular weight excluding hydrogens is 256 g/mol. The number of hydrogen-bond donors (Lipinski definition) is 0. The molecule has 0 aromatic heterocycles. The first-order valence-corrected chi connectivity index (χ1v) is 6.58. The average molecular weight is 269 g/mol. The molecule has 2 aromatic rings. The number of fused-ring (bicyclic) bond motifs is 2. The van der Waals surface area contributed by atoms with Crippen LogP contribution in [0.4, 0.5) is 0 Å². The van der Waals surface area contributed by atoms with E-state index in [0.29, 0.717) is 13.2 Å². The van der Waals surface area contributed by atoms with Crippen molar-refractivity contribution in [2.24, 2.45) is 0 Å². The zero-order valence-corrected chi connectivity index (χ0v) is 10.7. The van der Waals surface area contributed by atoms with Crippen LogP contribution in [0.15, 0.2) is 42.5 Å². The van der Waals surface area contributed by atoms with Gasteiger partial charge in [-0.15, -0.1) is 0 Å². The Labute approximate surface area is 116 Å². The molecule has 2 atom stereocenters. The van der Waals surface area contributed by atoms with E-state index in [2.05, 4.69) is 6.07 Å². The van der Waals surface area contributed by atoms with Gasteiger partial charge in [0.2, 0.25) is 0 Å². The first-order chi connectivity index (χ1) is 9.90. The minimum absolute atomic E-state index is 0.178. The zero-order chi connectivity index (χ0) is 13.4. The second kappa shape index (κ2) is 4.63. The lowest BCUT2D eigenvalue weighted by molar-refractivity contribution is -0.0306. The van der Waals surface area contributed by atoms with Gasteiger partial charge in [-0.3, -0.25) is 0 Å². The second-order valence-electron chi connectivity index (χ2n) is 4.75. The third-order valence-electron chi connectivity index (χ3n) is 3.41. The predicted molar refractivity (Wildman–Crippen MR) is 71.5 cm³/mol. The first-order valence-electron chi connectivity index (χ1n) is 6.58. The number of hydrogen-bond acceptors (Lipinski definition) is 4. The monoisotopic (exact) mass is 269 g/mol. The minimum Gasteiger partial charge on any atom is -0.486 e. The molecule has 2 aromatic carbocycles. The van der Waals surface area contributed by atoms with Crippen LogP contribution in [0.2, 0.25) is 0 Å². The molecule has 101 valence electrons. The van der Waals surface area contributed by atoms with Crippen molar-refractivity contribution in [3.63, 3.8) is 0 Å². The van der Waals surface area contributed by atoms with E-state index >= 15 is 0 Å². The maximum atomic E-state index is 5.95. The number of ether oxygens (including phenoxy) is 4. The van der Waals surface area contributed by atoms with Gasteiger partial charge < -0.3 is 18.9 Å². The Balaban J connectivity index is 1.53. The summed E-state index contributed by atoms with van der Waals surface area (Å²) in [6, 6.07) is 16.0. The fourth-order valence-electron chi connectivity index (χ4n) is 2.38. The molecule has 4 heteroatoms. The van der Waals surface area contributed by atoms with Crippen molar-refractivity contribution >= 4 is 0 Å². The predicted octanol–water partition coefficient (Wildman–Crippen LogP) is 2.47. The van der Waals surface area contributed by atoms with Crippen LogP contribution < -0.4 is 18.9 Å². The van der Waals surface area contributed by atoms with Crippen LogP contribution >= 0.6 is 0 Å². The van der Waals surface area contributed by atoms with Gasteiger partial charge in [-0.1, -0.05) is 18.2 Å². The Kier molecular flexibility index (Phi) is 2.66. The number of para-hydroxylation sites is 2. The summed E-state index contributed by atoms with van der Waals surface area (Å²) in [6.07, 6.45) is -0.361. The summed E-state index contributed by atoms with van der Waals surface area (Å²) in [4.78, 5) is 0. The molecule has 4 nitrogen and oxygen atoms in total. The Bertz CT molecular complexity index is 570. The zero-order valence-electron chi connectivity index (χ0n) is 10.7. The number of rotatable bonds is 1. The van der Waals surface area contributed by atoms with E-state index in [0.717, 1.165) is 23.0 Å². The van der Waals surface area contributed by atoms with E-state index in [1.165, 1.54) is 0 Å². The Morgan fingerprint density at radius 1 is 0.800 bits per heavy atom. The van der Waals surface area contributed by atoms with Crippen LogP contribution in [0.3, 0.4) is 0 Å². The topological polar surface area (TPSA) is 36.9 Å². The Hall–Kier alpha value is -2.36. The second-order valence-corrected chi connectivity index (χ2v) is 4.75. The van der Waals surface area contributed by atoms with Crippen molar-refractivity contribution in [2.75, 3.05) is 13.2 Å². The quantitative estimate of drug-likeness (QED) is 0.797. The van der Waals surface area contributed by atoms with Crippen LogP contribution in [0.25, 0.3) is 0 Å². The summed E-state index contributed by atoms with van der Waals surface area (Å²) in [7, 11) is 0. The molecule has 2 unspecified atom stereocenters. The van der Waals surface area contributed by atoms with Gasteiger partial charge in [-0.25, -0.2) is 0 Å². The van der Waals surface area contributed by atoms with E-state index < -0.39 is 0 Å². The van der Waals surface area contributed by atoms with Crippen LogP contribution in [0, 0.1) is 6.07 Å². The Morgan fingerprint density at radius 3 is 2.25 bits per heavy atom. The molecule has 4 rings (SSSR count). The third kappa shape index (κ3) is 1.93. The van der Waals surface area contributed by atoms with Crippen molar-refractivity contribution in [3.8, 4) is 23.0 Å². The summed E-state index contributed by atoms with van der Waals surface area (Å²) < 4.78 is 23.3. The molecule has 2 aliphatic rings.